The lowest BCUT2D eigenvalue weighted by atomic mass is 10.0. The van der Waals surface area contributed by atoms with Crippen LogP contribution in [0.25, 0.3) is 10.8 Å². The molecule has 0 saturated heterocycles. The molecule has 0 aliphatic heterocycles. The summed E-state index contributed by atoms with van der Waals surface area (Å²) in [4.78, 5) is 0. The van der Waals surface area contributed by atoms with E-state index in [1.807, 2.05) is 0 Å². The molecule has 0 unspecified atom stereocenters. The van der Waals surface area contributed by atoms with Gasteiger partial charge in [-0.25, -0.2) is 22.0 Å². The zero-order valence-corrected chi connectivity index (χ0v) is 19.6. The van der Waals surface area contributed by atoms with Crippen molar-refractivity contribution in [3.8, 4) is 17.6 Å². The van der Waals surface area contributed by atoms with Gasteiger partial charge in [0.15, 0.2) is 17.5 Å². The Bertz CT molecular complexity index is 1470. The predicted octanol–water partition coefficient (Wildman–Crippen LogP) is 7.90. The second-order valence-corrected chi connectivity index (χ2v) is 8.44. The lowest BCUT2D eigenvalue weighted by Gasteiger charge is -2.08. The second kappa shape index (κ2) is 11.3. The summed E-state index contributed by atoms with van der Waals surface area (Å²) in [5.41, 5.74) is 1.76. The van der Waals surface area contributed by atoms with E-state index in [1.54, 1.807) is 18.2 Å². The van der Waals surface area contributed by atoms with Gasteiger partial charge in [-0.3, -0.25) is 0 Å². The lowest BCUT2D eigenvalue weighted by molar-refractivity contribution is 0.307. The van der Waals surface area contributed by atoms with E-state index in [1.165, 1.54) is 36.4 Å². The van der Waals surface area contributed by atoms with E-state index in [4.69, 9.17) is 4.74 Å². The molecular formula is C30H23F5O. The molecule has 0 radical (unpaired) electrons. The molecule has 0 aromatic heterocycles. The monoisotopic (exact) mass is 494 g/mol. The molecule has 4 aromatic carbocycles. The maximum atomic E-state index is 14.6. The highest BCUT2D eigenvalue weighted by Crippen LogP contribution is 2.24. The van der Waals surface area contributed by atoms with Crippen LogP contribution in [0.3, 0.4) is 0 Å². The van der Waals surface area contributed by atoms with Crippen LogP contribution in [0.1, 0.15) is 42.0 Å². The zero-order valence-electron chi connectivity index (χ0n) is 19.6. The van der Waals surface area contributed by atoms with Crippen molar-refractivity contribution in [3.05, 3.63) is 112 Å². The van der Waals surface area contributed by atoms with Crippen molar-refractivity contribution < 1.29 is 26.7 Å². The fourth-order valence-electron chi connectivity index (χ4n) is 3.77. The third-order valence-corrected chi connectivity index (χ3v) is 5.82. The Morgan fingerprint density at radius 3 is 2.31 bits per heavy atom. The van der Waals surface area contributed by atoms with Crippen LogP contribution in [0, 0.1) is 40.9 Å². The van der Waals surface area contributed by atoms with Gasteiger partial charge in [0, 0.05) is 17.0 Å². The Labute approximate surface area is 206 Å². The van der Waals surface area contributed by atoms with E-state index in [-0.39, 0.29) is 22.2 Å². The molecule has 0 bridgehead atoms. The first-order valence-corrected chi connectivity index (χ1v) is 11.6. The molecule has 0 heterocycles. The van der Waals surface area contributed by atoms with E-state index in [0.29, 0.717) is 41.9 Å². The highest BCUT2D eigenvalue weighted by molar-refractivity contribution is 5.84. The van der Waals surface area contributed by atoms with Crippen LogP contribution in [0.4, 0.5) is 22.0 Å². The fraction of sp³-hybridized carbons (Fsp3) is 0.200. The van der Waals surface area contributed by atoms with Crippen molar-refractivity contribution in [1.29, 1.82) is 0 Å². The largest absolute Gasteiger partial charge is 0.493 e. The minimum absolute atomic E-state index is 0.0647. The van der Waals surface area contributed by atoms with Crippen molar-refractivity contribution >= 4 is 10.8 Å². The van der Waals surface area contributed by atoms with Gasteiger partial charge in [0.1, 0.15) is 17.4 Å². The zero-order chi connectivity index (χ0) is 25.7. The highest BCUT2D eigenvalue weighted by Gasteiger charge is 2.13. The first kappa shape index (κ1) is 25.2. The third-order valence-electron chi connectivity index (χ3n) is 5.82. The third kappa shape index (κ3) is 5.85. The van der Waals surface area contributed by atoms with Crippen LogP contribution >= 0.6 is 0 Å². The van der Waals surface area contributed by atoms with Crippen molar-refractivity contribution in [2.24, 2.45) is 0 Å². The van der Waals surface area contributed by atoms with Crippen LogP contribution in [-0.4, -0.2) is 6.61 Å². The lowest BCUT2D eigenvalue weighted by Crippen LogP contribution is -2.00. The van der Waals surface area contributed by atoms with E-state index in [9.17, 15) is 22.0 Å². The SMILES string of the molecule is CCCCOc1ccc(CCc2ccc(C#Cc3ccc4c(F)c(F)c(F)cc4c3)c(F)c2)c(F)c1. The molecule has 0 N–H and O–H groups in total. The number of unbranched alkanes of at least 4 members (excludes halogenated alkanes) is 1. The molecule has 0 aliphatic rings. The second-order valence-electron chi connectivity index (χ2n) is 8.44. The number of hydrogen-bond donors (Lipinski definition) is 0. The van der Waals surface area contributed by atoms with E-state index < -0.39 is 23.3 Å². The summed E-state index contributed by atoms with van der Waals surface area (Å²) in [5, 5.41) is 0.0897. The molecule has 0 amide bonds. The van der Waals surface area contributed by atoms with Crippen LogP contribution in [-0.2, 0) is 12.8 Å². The van der Waals surface area contributed by atoms with Gasteiger partial charge in [-0.2, -0.15) is 0 Å². The molecule has 36 heavy (non-hydrogen) atoms. The Kier molecular flexibility index (Phi) is 7.90. The predicted molar refractivity (Wildman–Crippen MR) is 130 cm³/mol. The quantitative estimate of drug-likeness (QED) is 0.110. The van der Waals surface area contributed by atoms with E-state index >= 15 is 0 Å². The van der Waals surface area contributed by atoms with Crippen LogP contribution in [0.15, 0.2) is 60.7 Å². The normalized spacial score (nSPS) is 10.8. The highest BCUT2D eigenvalue weighted by atomic mass is 19.2. The number of halogens is 5. The molecule has 184 valence electrons. The summed E-state index contributed by atoms with van der Waals surface area (Å²) in [6.45, 7) is 2.60. The number of aryl methyl sites for hydroxylation is 2. The minimum Gasteiger partial charge on any atom is -0.493 e. The molecule has 0 fully saturated rings. The topological polar surface area (TPSA) is 9.23 Å². The Balaban J connectivity index is 1.44. The van der Waals surface area contributed by atoms with Crippen LogP contribution < -0.4 is 4.74 Å². The van der Waals surface area contributed by atoms with Gasteiger partial charge >= 0.3 is 0 Å². The summed E-state index contributed by atoms with van der Waals surface area (Å²) in [5.74, 6) is 1.01. The number of hydrogen-bond acceptors (Lipinski definition) is 1. The molecule has 0 atom stereocenters. The van der Waals surface area contributed by atoms with Crippen LogP contribution in [0.2, 0.25) is 0 Å². The van der Waals surface area contributed by atoms with E-state index in [2.05, 4.69) is 18.8 Å². The first-order valence-electron chi connectivity index (χ1n) is 11.6. The Hall–Kier alpha value is -3.85. The number of fused-ring (bicyclic) bond motifs is 1. The van der Waals surface area contributed by atoms with Gasteiger partial charge in [-0.15, -0.1) is 0 Å². The summed E-state index contributed by atoms with van der Waals surface area (Å²) in [6.07, 6.45) is 2.74. The van der Waals surface area contributed by atoms with Crippen molar-refractivity contribution in [1.82, 2.24) is 0 Å². The van der Waals surface area contributed by atoms with Crippen molar-refractivity contribution in [2.45, 2.75) is 32.6 Å². The fourth-order valence-corrected chi connectivity index (χ4v) is 3.77. The van der Waals surface area contributed by atoms with Gasteiger partial charge in [-0.1, -0.05) is 43.4 Å². The van der Waals surface area contributed by atoms with Crippen molar-refractivity contribution in [3.63, 3.8) is 0 Å². The van der Waals surface area contributed by atoms with E-state index in [0.717, 1.165) is 18.9 Å². The average molecular weight is 495 g/mol. The molecule has 0 spiro atoms. The van der Waals surface area contributed by atoms with Gasteiger partial charge in [0.05, 0.1) is 12.2 Å². The van der Waals surface area contributed by atoms with Gasteiger partial charge in [0.25, 0.3) is 0 Å². The Morgan fingerprint density at radius 1 is 0.722 bits per heavy atom. The Morgan fingerprint density at radius 2 is 1.56 bits per heavy atom. The number of rotatable bonds is 7. The summed E-state index contributed by atoms with van der Waals surface area (Å²) in [7, 11) is 0. The van der Waals surface area contributed by atoms with Gasteiger partial charge in [0.2, 0.25) is 0 Å². The molecule has 0 saturated carbocycles. The smallest absolute Gasteiger partial charge is 0.195 e. The minimum atomic E-state index is -1.53. The maximum Gasteiger partial charge on any atom is 0.195 e. The molecule has 4 aromatic rings. The molecule has 4 rings (SSSR count). The van der Waals surface area contributed by atoms with Gasteiger partial charge < -0.3 is 4.74 Å². The number of benzene rings is 4. The average Bonchev–Trinajstić information content (AvgIpc) is 2.86. The maximum absolute atomic E-state index is 14.6. The van der Waals surface area contributed by atoms with Crippen molar-refractivity contribution in [2.75, 3.05) is 6.61 Å². The molecular weight excluding hydrogens is 471 g/mol. The van der Waals surface area contributed by atoms with Gasteiger partial charge in [-0.05, 0) is 72.2 Å². The molecule has 6 heteroatoms. The molecule has 0 aliphatic carbocycles. The standard InChI is InChI=1S/C30H23F5O/c1-2-3-14-36-24-12-11-22(27(32)18-24)10-6-20-5-9-21(26(31)16-20)8-4-19-7-13-25-23(15-19)17-28(33)30(35)29(25)34/h5,7,9,11-13,15-18H,2-3,6,10,14H2,1H3. The summed E-state index contributed by atoms with van der Waals surface area (Å²) >= 11 is 0. The summed E-state index contributed by atoms with van der Waals surface area (Å²) < 4.78 is 75.3. The first-order chi connectivity index (χ1) is 17.4. The number of ether oxygens (including phenoxy) is 1. The van der Waals surface area contributed by atoms with Crippen LogP contribution in [0.5, 0.6) is 5.75 Å². The summed E-state index contributed by atoms with van der Waals surface area (Å²) in [6, 6.07) is 14.5. The molecule has 1 nitrogen and oxygen atoms in total.